The number of amides is 1. The molecule has 0 unspecified atom stereocenters. The van der Waals surface area contributed by atoms with Crippen molar-refractivity contribution < 1.29 is 4.79 Å². The molecule has 0 aromatic heterocycles. The Hall–Kier alpha value is -0.580. The molecule has 1 aromatic rings. The van der Waals surface area contributed by atoms with Crippen molar-refractivity contribution in [2.45, 2.75) is 20.3 Å². The van der Waals surface area contributed by atoms with E-state index in [9.17, 15) is 4.79 Å². The number of carbonyl (C=O) groups excluding carboxylic acids is 1. The smallest absolute Gasteiger partial charge is 0.228 e. The van der Waals surface area contributed by atoms with E-state index < -0.39 is 0 Å². The lowest BCUT2D eigenvalue weighted by molar-refractivity contribution is -0.117. The lowest BCUT2D eigenvalue weighted by atomic mass is 10.2. The molecule has 1 saturated carbocycles. The van der Waals surface area contributed by atoms with E-state index in [1.807, 2.05) is 24.3 Å². The summed E-state index contributed by atoms with van der Waals surface area (Å²) in [4.78, 5) is 11.9. The first kappa shape index (κ1) is 11.9. The Morgan fingerprint density at radius 2 is 2.00 bits per heavy atom. The topological polar surface area (TPSA) is 29.1 Å². The number of carbonyl (C=O) groups is 1. The van der Waals surface area contributed by atoms with Gasteiger partial charge in [-0.1, -0.05) is 20.3 Å². The summed E-state index contributed by atoms with van der Waals surface area (Å²) < 4.78 is 1.18. The highest BCUT2D eigenvalue weighted by Gasteiger charge is 2.49. The van der Waals surface area contributed by atoms with E-state index in [1.165, 1.54) is 3.57 Å². The predicted octanol–water partition coefficient (Wildman–Crippen LogP) is 3.52. The number of hydrogen-bond acceptors (Lipinski definition) is 1. The maximum absolute atomic E-state index is 11.9. The summed E-state index contributed by atoms with van der Waals surface area (Å²) in [7, 11) is 0. The van der Waals surface area contributed by atoms with Gasteiger partial charge in [0.2, 0.25) is 5.91 Å². The Morgan fingerprint density at radius 3 is 2.50 bits per heavy atom. The van der Waals surface area contributed by atoms with Crippen molar-refractivity contribution in [2.75, 3.05) is 5.32 Å². The van der Waals surface area contributed by atoms with Crippen LogP contribution in [0.3, 0.4) is 0 Å². The van der Waals surface area contributed by atoms with Gasteiger partial charge in [0, 0.05) is 15.2 Å². The van der Waals surface area contributed by atoms with E-state index in [1.54, 1.807) is 0 Å². The normalized spacial score (nSPS) is 27.6. The molecule has 1 N–H and O–H groups in total. The van der Waals surface area contributed by atoms with Gasteiger partial charge >= 0.3 is 0 Å². The Morgan fingerprint density at radius 1 is 1.38 bits per heavy atom. The first-order chi connectivity index (χ1) is 7.63. The zero-order valence-electron chi connectivity index (χ0n) is 9.53. The van der Waals surface area contributed by atoms with E-state index in [2.05, 4.69) is 41.8 Å². The zero-order chi connectivity index (χ0) is 11.7. The fourth-order valence-electron chi connectivity index (χ4n) is 2.36. The Kier molecular flexibility index (Phi) is 3.52. The van der Waals surface area contributed by atoms with E-state index in [0.717, 1.165) is 12.1 Å². The van der Waals surface area contributed by atoms with Gasteiger partial charge in [0.1, 0.15) is 0 Å². The third kappa shape index (κ3) is 2.39. The highest BCUT2D eigenvalue weighted by atomic mass is 127. The number of rotatable bonds is 3. The Labute approximate surface area is 110 Å². The van der Waals surface area contributed by atoms with Gasteiger partial charge in [-0.3, -0.25) is 4.79 Å². The highest BCUT2D eigenvalue weighted by molar-refractivity contribution is 14.1. The number of hydrogen-bond donors (Lipinski definition) is 1. The lowest BCUT2D eigenvalue weighted by Crippen LogP contribution is -2.15. The number of nitrogens with one attached hydrogen (secondary N) is 1. The van der Waals surface area contributed by atoms with E-state index in [4.69, 9.17) is 0 Å². The summed E-state index contributed by atoms with van der Waals surface area (Å²) in [5.74, 6) is 1.54. The van der Waals surface area contributed by atoms with Crippen molar-refractivity contribution in [1.29, 1.82) is 0 Å². The molecule has 0 aliphatic heterocycles. The average Bonchev–Trinajstić information content (AvgIpc) is 2.92. The molecule has 3 atom stereocenters. The molecular weight excluding hydrogens is 313 g/mol. The van der Waals surface area contributed by atoms with Crippen LogP contribution in [0, 0.1) is 21.3 Å². The van der Waals surface area contributed by atoms with Crippen molar-refractivity contribution in [2.24, 2.45) is 17.8 Å². The minimum Gasteiger partial charge on any atom is -0.326 e. The van der Waals surface area contributed by atoms with Crippen LogP contribution < -0.4 is 5.32 Å². The molecule has 0 saturated heterocycles. The highest BCUT2D eigenvalue weighted by Crippen LogP contribution is 2.48. The Balaban J connectivity index is 1.96. The minimum absolute atomic E-state index is 0.181. The standard InChI is InChI=1S/C13H16INO/c1-3-11-8(2)12(11)13(16)15-10-6-4-9(14)5-7-10/h4-8,11-12H,3H2,1-2H3,(H,15,16)/t8-,11+,12+/m0/s1. The maximum atomic E-state index is 11.9. The van der Waals surface area contributed by atoms with E-state index in [0.29, 0.717) is 11.8 Å². The first-order valence-corrected chi connectivity index (χ1v) is 6.77. The van der Waals surface area contributed by atoms with Crippen molar-refractivity contribution in [3.8, 4) is 0 Å². The van der Waals surface area contributed by atoms with Crippen LogP contribution in [-0.4, -0.2) is 5.91 Å². The second kappa shape index (κ2) is 4.73. The van der Waals surface area contributed by atoms with Crippen molar-refractivity contribution in [3.05, 3.63) is 27.8 Å². The number of anilines is 1. The molecule has 16 heavy (non-hydrogen) atoms. The summed E-state index contributed by atoms with van der Waals surface area (Å²) in [5, 5.41) is 2.98. The van der Waals surface area contributed by atoms with Crippen LogP contribution >= 0.6 is 22.6 Å². The largest absolute Gasteiger partial charge is 0.326 e. The molecule has 1 aliphatic rings. The molecule has 3 heteroatoms. The fraction of sp³-hybridized carbons (Fsp3) is 0.462. The molecule has 1 amide bonds. The van der Waals surface area contributed by atoms with Gasteiger partial charge in [0.15, 0.2) is 0 Å². The van der Waals surface area contributed by atoms with Gasteiger partial charge in [0.05, 0.1) is 0 Å². The third-order valence-electron chi connectivity index (χ3n) is 3.45. The molecule has 0 bridgehead atoms. The van der Waals surface area contributed by atoms with E-state index in [-0.39, 0.29) is 11.8 Å². The molecule has 86 valence electrons. The van der Waals surface area contributed by atoms with Crippen molar-refractivity contribution in [1.82, 2.24) is 0 Å². The molecule has 1 aliphatic carbocycles. The maximum Gasteiger partial charge on any atom is 0.228 e. The summed E-state index contributed by atoms with van der Waals surface area (Å²) in [6.07, 6.45) is 1.10. The average molecular weight is 329 g/mol. The summed E-state index contributed by atoms with van der Waals surface area (Å²) in [5.41, 5.74) is 0.902. The predicted molar refractivity (Wildman–Crippen MR) is 74.2 cm³/mol. The summed E-state index contributed by atoms with van der Waals surface area (Å²) in [6, 6.07) is 7.91. The van der Waals surface area contributed by atoms with Gasteiger partial charge in [-0.15, -0.1) is 0 Å². The molecule has 0 spiro atoms. The van der Waals surface area contributed by atoms with Crippen LogP contribution in [-0.2, 0) is 4.79 Å². The minimum atomic E-state index is 0.181. The second-order valence-corrected chi connectivity index (χ2v) is 5.70. The van der Waals surface area contributed by atoms with Crippen molar-refractivity contribution >= 4 is 34.2 Å². The van der Waals surface area contributed by atoms with Crippen LogP contribution in [0.15, 0.2) is 24.3 Å². The molecule has 1 aromatic carbocycles. The molecule has 0 radical (unpaired) electrons. The quantitative estimate of drug-likeness (QED) is 0.845. The fourth-order valence-corrected chi connectivity index (χ4v) is 2.72. The summed E-state index contributed by atoms with van der Waals surface area (Å²) in [6.45, 7) is 4.31. The van der Waals surface area contributed by atoms with Gasteiger partial charge in [-0.2, -0.15) is 0 Å². The van der Waals surface area contributed by atoms with Crippen LogP contribution in [0.4, 0.5) is 5.69 Å². The molecule has 2 rings (SSSR count). The Bertz CT molecular complexity index is 387. The van der Waals surface area contributed by atoms with Gasteiger partial charge in [-0.05, 0) is 58.7 Å². The summed E-state index contributed by atoms with van der Waals surface area (Å²) >= 11 is 2.26. The molecular formula is C13H16INO. The monoisotopic (exact) mass is 329 g/mol. The third-order valence-corrected chi connectivity index (χ3v) is 4.17. The number of benzene rings is 1. The van der Waals surface area contributed by atoms with Gasteiger partial charge in [0.25, 0.3) is 0 Å². The van der Waals surface area contributed by atoms with Crippen LogP contribution in [0.2, 0.25) is 0 Å². The van der Waals surface area contributed by atoms with Crippen LogP contribution in [0.25, 0.3) is 0 Å². The first-order valence-electron chi connectivity index (χ1n) is 5.70. The second-order valence-electron chi connectivity index (χ2n) is 4.45. The van der Waals surface area contributed by atoms with Crippen LogP contribution in [0.5, 0.6) is 0 Å². The zero-order valence-corrected chi connectivity index (χ0v) is 11.7. The van der Waals surface area contributed by atoms with Crippen LogP contribution in [0.1, 0.15) is 20.3 Å². The van der Waals surface area contributed by atoms with Gasteiger partial charge < -0.3 is 5.32 Å². The van der Waals surface area contributed by atoms with Crippen molar-refractivity contribution in [3.63, 3.8) is 0 Å². The molecule has 1 fully saturated rings. The lowest BCUT2D eigenvalue weighted by Gasteiger charge is -2.04. The van der Waals surface area contributed by atoms with Gasteiger partial charge in [-0.25, -0.2) is 0 Å². The molecule has 2 nitrogen and oxygen atoms in total. The number of halogens is 1. The SMILES string of the molecule is CC[C@@H]1[C@H](C)[C@H]1C(=O)Nc1ccc(I)cc1. The molecule has 0 heterocycles. The van der Waals surface area contributed by atoms with E-state index >= 15 is 0 Å².